The Balaban J connectivity index is 1.37. The standard InChI is InChI=1S/C24H20N5O7P/c30-23(15-7-3-1-4-8-15)28-21-20-22(26-13-25-21)29(14-27-20)19-11-17(18(35-19)12-34-37(32)33)36-24(31)16-9-5-2-6-10-16/h1-10,13-14,17-19H,11-12H2,(H,25,26,28,30)/t17-,18+,19+/m0/s1. The van der Waals surface area contributed by atoms with Crippen LogP contribution in [0.15, 0.2) is 73.3 Å². The molecule has 4 atom stereocenters. The molecule has 1 N–H and O–H groups in total. The van der Waals surface area contributed by atoms with Crippen molar-refractivity contribution in [3.8, 4) is 0 Å². The third-order valence-corrected chi connectivity index (χ3v) is 6.09. The third-order valence-electron chi connectivity index (χ3n) is 5.73. The second kappa shape index (κ2) is 10.9. The second-order valence-electron chi connectivity index (χ2n) is 8.06. The van der Waals surface area contributed by atoms with E-state index >= 15 is 0 Å². The number of carbonyl (C=O) groups excluding carboxylic acids is 2. The lowest BCUT2D eigenvalue weighted by molar-refractivity contribution is -0.188. The quantitative estimate of drug-likeness (QED) is 0.270. The number of hydrogen-bond acceptors (Lipinski definition) is 10. The van der Waals surface area contributed by atoms with Crippen LogP contribution in [0.2, 0.25) is 0 Å². The molecule has 1 fully saturated rings. The number of nitrogens with one attached hydrogen (secondary N) is 1. The van der Waals surface area contributed by atoms with Gasteiger partial charge in [0.05, 0.1) is 11.9 Å². The monoisotopic (exact) mass is 521 g/mol. The first-order chi connectivity index (χ1) is 18.0. The van der Waals surface area contributed by atoms with Gasteiger partial charge >= 0.3 is 14.2 Å². The van der Waals surface area contributed by atoms with Crippen LogP contribution < -0.4 is 10.2 Å². The maximum atomic E-state index is 12.6. The molecule has 5 rings (SSSR count). The summed E-state index contributed by atoms with van der Waals surface area (Å²) >= 11 is 0. The van der Waals surface area contributed by atoms with Gasteiger partial charge in [-0.1, -0.05) is 36.4 Å². The van der Waals surface area contributed by atoms with Crippen molar-refractivity contribution in [3.63, 3.8) is 0 Å². The highest BCUT2D eigenvalue weighted by atomic mass is 31.1. The maximum absolute atomic E-state index is 12.6. The zero-order valence-corrected chi connectivity index (χ0v) is 20.1. The van der Waals surface area contributed by atoms with Crippen molar-refractivity contribution >= 4 is 37.1 Å². The number of imidazole rings is 1. The van der Waals surface area contributed by atoms with E-state index in [1.165, 1.54) is 12.7 Å². The zero-order chi connectivity index (χ0) is 25.8. The Kier molecular flexibility index (Phi) is 7.24. The first kappa shape index (κ1) is 24.6. The van der Waals surface area contributed by atoms with Gasteiger partial charge in [-0.15, -0.1) is 4.52 Å². The smallest absolute Gasteiger partial charge is 0.488 e. The summed E-state index contributed by atoms with van der Waals surface area (Å²) in [6.07, 6.45) is 0.570. The summed E-state index contributed by atoms with van der Waals surface area (Å²) in [7, 11) is -3.12. The van der Waals surface area contributed by atoms with Gasteiger partial charge in [-0.05, 0) is 28.8 Å². The molecule has 3 heterocycles. The van der Waals surface area contributed by atoms with Crippen molar-refractivity contribution in [2.75, 3.05) is 11.9 Å². The first-order valence-electron chi connectivity index (χ1n) is 11.2. The highest BCUT2D eigenvalue weighted by Crippen LogP contribution is 2.34. The highest BCUT2D eigenvalue weighted by Gasteiger charge is 2.41. The normalized spacial score (nSPS) is 19.5. The molecular formula is C24H20N5O7P. The first-order valence-corrected chi connectivity index (χ1v) is 12.3. The topological polar surface area (TPSA) is 158 Å². The minimum absolute atomic E-state index is 0.184. The van der Waals surface area contributed by atoms with Crippen molar-refractivity contribution in [3.05, 3.63) is 84.4 Å². The van der Waals surface area contributed by atoms with E-state index in [1.54, 1.807) is 65.2 Å². The number of rotatable bonds is 8. The molecule has 1 unspecified atom stereocenters. The molecule has 0 radical (unpaired) electrons. The van der Waals surface area contributed by atoms with E-state index in [0.29, 0.717) is 22.3 Å². The summed E-state index contributed by atoms with van der Waals surface area (Å²) in [5.41, 5.74) is 1.50. The van der Waals surface area contributed by atoms with Gasteiger partial charge < -0.3 is 19.7 Å². The van der Waals surface area contributed by atoms with Gasteiger partial charge in [0.15, 0.2) is 17.0 Å². The van der Waals surface area contributed by atoms with Crippen molar-refractivity contribution < 1.29 is 33.0 Å². The lowest BCUT2D eigenvalue weighted by Gasteiger charge is -2.16. The predicted molar refractivity (Wildman–Crippen MR) is 127 cm³/mol. The molecule has 0 spiro atoms. The van der Waals surface area contributed by atoms with Crippen LogP contribution in [0, 0.1) is 0 Å². The number of fused-ring (bicyclic) bond motifs is 1. The molecule has 1 aliphatic heterocycles. The van der Waals surface area contributed by atoms with E-state index in [0.717, 1.165) is 0 Å². The minimum atomic E-state index is -3.12. The van der Waals surface area contributed by atoms with E-state index < -0.39 is 32.7 Å². The maximum Gasteiger partial charge on any atom is 0.488 e. The van der Waals surface area contributed by atoms with Crippen molar-refractivity contribution in [2.24, 2.45) is 0 Å². The fourth-order valence-electron chi connectivity index (χ4n) is 3.98. The molecule has 2 aromatic heterocycles. The number of carbonyl (C=O) groups is 2. The largest absolute Gasteiger partial charge is 0.566 e. The molecule has 1 amide bonds. The molecule has 1 aliphatic rings. The fourth-order valence-corrected chi connectivity index (χ4v) is 4.25. The molecule has 4 aromatic rings. The lowest BCUT2D eigenvalue weighted by atomic mass is 10.1. The number of esters is 1. The molecule has 12 nitrogen and oxygen atoms in total. The van der Waals surface area contributed by atoms with Crippen LogP contribution in [-0.4, -0.2) is 50.2 Å². The molecule has 13 heteroatoms. The van der Waals surface area contributed by atoms with Gasteiger partial charge in [0, 0.05) is 12.0 Å². The number of anilines is 1. The van der Waals surface area contributed by atoms with E-state index in [4.69, 9.17) is 14.0 Å². The van der Waals surface area contributed by atoms with Gasteiger partial charge in [0.1, 0.15) is 31.4 Å². The van der Waals surface area contributed by atoms with Crippen molar-refractivity contribution in [1.82, 2.24) is 19.5 Å². The van der Waals surface area contributed by atoms with Crippen LogP contribution in [0.1, 0.15) is 33.4 Å². The molecule has 0 aliphatic carbocycles. The Hall–Kier alpha value is -4.09. The lowest BCUT2D eigenvalue weighted by Crippen LogP contribution is -2.30. The molecule has 2 aromatic carbocycles. The number of hydrogen-bond donors (Lipinski definition) is 1. The molecule has 37 heavy (non-hydrogen) atoms. The third kappa shape index (κ3) is 5.52. The summed E-state index contributed by atoms with van der Waals surface area (Å²) in [5, 5.41) is 2.74. The summed E-state index contributed by atoms with van der Waals surface area (Å²) in [6, 6.07) is 17.1. The van der Waals surface area contributed by atoms with Crippen LogP contribution in [-0.2, 0) is 18.6 Å². The van der Waals surface area contributed by atoms with Gasteiger partial charge in [-0.3, -0.25) is 9.36 Å². The number of amides is 1. The molecule has 0 bridgehead atoms. The highest BCUT2D eigenvalue weighted by molar-refractivity contribution is 7.30. The fraction of sp³-hybridized carbons (Fsp3) is 0.208. The van der Waals surface area contributed by atoms with Gasteiger partial charge in [-0.2, -0.15) is 0 Å². The number of nitrogens with zero attached hydrogens (tertiary/aromatic N) is 4. The number of benzene rings is 2. The summed E-state index contributed by atoms with van der Waals surface area (Å²) in [5.74, 6) is -0.718. The summed E-state index contributed by atoms with van der Waals surface area (Å²) in [4.78, 5) is 49.0. The van der Waals surface area contributed by atoms with Gasteiger partial charge in [0.2, 0.25) is 0 Å². The van der Waals surface area contributed by atoms with Gasteiger partial charge in [0.25, 0.3) is 5.91 Å². The second-order valence-corrected chi connectivity index (χ2v) is 8.77. The summed E-state index contributed by atoms with van der Waals surface area (Å²) < 4.78 is 29.0. The predicted octanol–water partition coefficient (Wildman–Crippen LogP) is 2.63. The minimum Gasteiger partial charge on any atom is -0.566 e. The molecular weight excluding hydrogens is 501 g/mol. The van der Waals surface area contributed by atoms with Gasteiger partial charge in [-0.25, -0.2) is 19.7 Å². The van der Waals surface area contributed by atoms with E-state index in [1.807, 2.05) is 0 Å². The van der Waals surface area contributed by atoms with Crippen LogP contribution in [0.5, 0.6) is 0 Å². The molecule has 0 saturated carbocycles. The summed E-state index contributed by atoms with van der Waals surface area (Å²) in [6.45, 7) is -0.331. The van der Waals surface area contributed by atoms with Crippen LogP contribution in [0.4, 0.5) is 5.82 Å². The Labute approximate surface area is 211 Å². The van der Waals surface area contributed by atoms with E-state index in [9.17, 15) is 19.0 Å². The molecule has 188 valence electrons. The SMILES string of the molecule is O=C(Nc1ncnc2c1ncn2[C@H]1C[C@H](OC(=O)c2ccccc2)[C@@H](CO[P+](=O)[O-])O1)c1ccccc1. The van der Waals surface area contributed by atoms with E-state index in [2.05, 4.69) is 20.3 Å². The molecule has 1 saturated heterocycles. The van der Waals surface area contributed by atoms with Crippen LogP contribution in [0.25, 0.3) is 11.2 Å². The number of aromatic nitrogens is 4. The average Bonchev–Trinajstić information content (AvgIpc) is 3.53. The Morgan fingerprint density at radius 1 is 1.05 bits per heavy atom. The van der Waals surface area contributed by atoms with Crippen LogP contribution in [0.3, 0.4) is 0 Å². The number of ether oxygens (including phenoxy) is 2. The average molecular weight is 521 g/mol. The Bertz CT molecular complexity index is 1430. The Morgan fingerprint density at radius 2 is 1.76 bits per heavy atom. The Morgan fingerprint density at radius 3 is 2.46 bits per heavy atom. The van der Waals surface area contributed by atoms with Crippen molar-refractivity contribution in [1.29, 1.82) is 0 Å². The zero-order valence-electron chi connectivity index (χ0n) is 19.2. The van der Waals surface area contributed by atoms with E-state index in [-0.39, 0.29) is 24.8 Å². The van der Waals surface area contributed by atoms with Crippen molar-refractivity contribution in [2.45, 2.75) is 24.9 Å². The van der Waals surface area contributed by atoms with Crippen LogP contribution >= 0.6 is 8.25 Å².